The fourth-order valence-corrected chi connectivity index (χ4v) is 2.79. The number of rotatable bonds is 5. The van der Waals surface area contributed by atoms with Gasteiger partial charge in [-0.15, -0.1) is 11.8 Å². The van der Waals surface area contributed by atoms with Crippen molar-refractivity contribution in [3.8, 4) is 0 Å². The van der Waals surface area contributed by atoms with Gasteiger partial charge < -0.3 is 5.32 Å². The summed E-state index contributed by atoms with van der Waals surface area (Å²) in [5.41, 5.74) is 3.43. The van der Waals surface area contributed by atoms with Gasteiger partial charge in [-0.2, -0.15) is 5.10 Å². The molecule has 0 aliphatic carbocycles. The number of amides is 1. The van der Waals surface area contributed by atoms with Gasteiger partial charge in [0.1, 0.15) is 5.82 Å². The van der Waals surface area contributed by atoms with Gasteiger partial charge in [-0.05, 0) is 31.9 Å². The standard InChI is InChI=1S/C15H19N3OS/c1-4-12-8-16-18-15(12)17-14(19)9-20-13-7-10(2)5-6-11(13)3/h5-8H,4,9H2,1-3H3,(H2,16,17,18,19). The van der Waals surface area contributed by atoms with Crippen LogP contribution in [-0.2, 0) is 11.2 Å². The maximum atomic E-state index is 12.0. The summed E-state index contributed by atoms with van der Waals surface area (Å²) in [5.74, 6) is 1.08. The monoisotopic (exact) mass is 289 g/mol. The van der Waals surface area contributed by atoms with Crippen LogP contribution in [0.15, 0.2) is 29.3 Å². The second-order valence-corrected chi connectivity index (χ2v) is 5.75. The number of anilines is 1. The van der Waals surface area contributed by atoms with Crippen molar-refractivity contribution < 1.29 is 4.79 Å². The Morgan fingerprint density at radius 2 is 2.20 bits per heavy atom. The van der Waals surface area contributed by atoms with Crippen molar-refractivity contribution >= 4 is 23.5 Å². The third-order valence-corrected chi connectivity index (χ3v) is 4.22. The van der Waals surface area contributed by atoms with E-state index < -0.39 is 0 Å². The molecule has 2 N–H and O–H groups in total. The molecule has 1 aromatic heterocycles. The molecule has 0 aliphatic rings. The Bertz CT molecular complexity index is 607. The van der Waals surface area contributed by atoms with E-state index in [0.29, 0.717) is 11.6 Å². The normalized spacial score (nSPS) is 10.6. The average Bonchev–Trinajstić information content (AvgIpc) is 2.87. The van der Waals surface area contributed by atoms with E-state index in [2.05, 4.69) is 47.6 Å². The summed E-state index contributed by atoms with van der Waals surface area (Å²) in [5, 5.41) is 9.63. The lowest BCUT2D eigenvalue weighted by atomic mass is 10.2. The van der Waals surface area contributed by atoms with Crippen LogP contribution in [0.3, 0.4) is 0 Å². The number of aromatic nitrogens is 2. The largest absolute Gasteiger partial charge is 0.310 e. The SMILES string of the molecule is CCc1cn[nH]c1NC(=O)CSc1cc(C)ccc1C. The van der Waals surface area contributed by atoms with Crippen LogP contribution in [0.5, 0.6) is 0 Å². The molecule has 4 nitrogen and oxygen atoms in total. The molecule has 0 saturated heterocycles. The van der Waals surface area contributed by atoms with Crippen molar-refractivity contribution in [2.24, 2.45) is 0 Å². The van der Waals surface area contributed by atoms with Gasteiger partial charge in [0.2, 0.25) is 5.91 Å². The van der Waals surface area contributed by atoms with E-state index in [9.17, 15) is 4.79 Å². The number of benzene rings is 1. The number of nitrogens with zero attached hydrogens (tertiary/aromatic N) is 1. The maximum Gasteiger partial charge on any atom is 0.235 e. The predicted molar refractivity (Wildman–Crippen MR) is 83.2 cm³/mol. The first-order chi connectivity index (χ1) is 9.60. The highest BCUT2D eigenvalue weighted by molar-refractivity contribution is 8.00. The summed E-state index contributed by atoms with van der Waals surface area (Å²) in [7, 11) is 0. The molecular weight excluding hydrogens is 270 g/mol. The molecule has 20 heavy (non-hydrogen) atoms. The molecule has 0 saturated carbocycles. The number of aryl methyl sites for hydroxylation is 3. The molecule has 1 heterocycles. The van der Waals surface area contributed by atoms with Crippen LogP contribution < -0.4 is 5.32 Å². The van der Waals surface area contributed by atoms with E-state index in [0.717, 1.165) is 16.9 Å². The second-order valence-electron chi connectivity index (χ2n) is 4.73. The van der Waals surface area contributed by atoms with Crippen LogP contribution in [0.2, 0.25) is 0 Å². The van der Waals surface area contributed by atoms with Crippen molar-refractivity contribution in [3.63, 3.8) is 0 Å². The van der Waals surface area contributed by atoms with Gasteiger partial charge in [0.05, 0.1) is 11.9 Å². The number of hydrogen-bond acceptors (Lipinski definition) is 3. The molecule has 0 bridgehead atoms. The number of H-pyrrole nitrogens is 1. The molecule has 1 aromatic carbocycles. The first-order valence-corrected chi connectivity index (χ1v) is 7.61. The van der Waals surface area contributed by atoms with Crippen molar-refractivity contribution in [2.45, 2.75) is 32.1 Å². The molecule has 2 rings (SSSR count). The molecule has 0 atom stereocenters. The highest BCUT2D eigenvalue weighted by Gasteiger charge is 2.09. The number of aromatic amines is 1. The minimum Gasteiger partial charge on any atom is -0.310 e. The van der Waals surface area contributed by atoms with E-state index in [1.807, 2.05) is 6.92 Å². The first-order valence-electron chi connectivity index (χ1n) is 6.62. The molecule has 0 unspecified atom stereocenters. The Hall–Kier alpha value is -1.75. The Morgan fingerprint density at radius 3 is 2.95 bits per heavy atom. The van der Waals surface area contributed by atoms with E-state index >= 15 is 0 Å². The number of nitrogens with one attached hydrogen (secondary N) is 2. The smallest absolute Gasteiger partial charge is 0.235 e. The summed E-state index contributed by atoms with van der Waals surface area (Å²) in [6, 6.07) is 6.28. The number of hydrogen-bond donors (Lipinski definition) is 2. The van der Waals surface area contributed by atoms with Crippen LogP contribution >= 0.6 is 11.8 Å². The van der Waals surface area contributed by atoms with Gasteiger partial charge in [0.25, 0.3) is 0 Å². The Kier molecular flexibility index (Phi) is 4.84. The zero-order valence-electron chi connectivity index (χ0n) is 12.0. The number of carbonyl (C=O) groups excluding carboxylic acids is 1. The lowest BCUT2D eigenvalue weighted by Gasteiger charge is -2.07. The molecule has 2 aromatic rings. The predicted octanol–water partition coefficient (Wildman–Crippen LogP) is 3.32. The minimum atomic E-state index is -0.0187. The molecule has 1 amide bonds. The van der Waals surface area contributed by atoms with Crippen LogP contribution in [-0.4, -0.2) is 21.9 Å². The lowest BCUT2D eigenvalue weighted by molar-refractivity contribution is -0.113. The number of thioether (sulfide) groups is 1. The second kappa shape index (κ2) is 6.61. The van der Waals surface area contributed by atoms with E-state index in [4.69, 9.17) is 0 Å². The van der Waals surface area contributed by atoms with Gasteiger partial charge in [0.15, 0.2) is 0 Å². The third kappa shape index (κ3) is 3.63. The Labute approximate surface area is 123 Å². The average molecular weight is 289 g/mol. The van der Waals surface area contributed by atoms with E-state index in [1.165, 1.54) is 11.1 Å². The highest BCUT2D eigenvalue weighted by Crippen LogP contribution is 2.23. The van der Waals surface area contributed by atoms with Crippen molar-refractivity contribution in [1.82, 2.24) is 10.2 Å². The molecule has 0 fully saturated rings. The molecule has 0 radical (unpaired) electrons. The lowest BCUT2D eigenvalue weighted by Crippen LogP contribution is -2.15. The van der Waals surface area contributed by atoms with E-state index in [1.54, 1.807) is 18.0 Å². The molecule has 0 aliphatic heterocycles. The Morgan fingerprint density at radius 1 is 1.40 bits per heavy atom. The fraction of sp³-hybridized carbons (Fsp3) is 0.333. The van der Waals surface area contributed by atoms with Crippen LogP contribution in [0.25, 0.3) is 0 Å². The van der Waals surface area contributed by atoms with Crippen LogP contribution in [0, 0.1) is 13.8 Å². The van der Waals surface area contributed by atoms with Crippen LogP contribution in [0.4, 0.5) is 5.82 Å². The van der Waals surface area contributed by atoms with Crippen molar-refractivity contribution in [2.75, 3.05) is 11.1 Å². The van der Waals surface area contributed by atoms with Gasteiger partial charge in [-0.3, -0.25) is 9.89 Å². The molecular formula is C15H19N3OS. The fourth-order valence-electron chi connectivity index (χ4n) is 1.87. The van der Waals surface area contributed by atoms with Gasteiger partial charge >= 0.3 is 0 Å². The maximum absolute atomic E-state index is 12.0. The third-order valence-electron chi connectivity index (χ3n) is 3.07. The van der Waals surface area contributed by atoms with Gasteiger partial charge in [0, 0.05) is 10.5 Å². The molecule has 106 valence electrons. The zero-order valence-corrected chi connectivity index (χ0v) is 12.8. The summed E-state index contributed by atoms with van der Waals surface area (Å²) in [6.07, 6.45) is 2.59. The summed E-state index contributed by atoms with van der Waals surface area (Å²) in [6.45, 7) is 6.15. The molecule has 0 spiro atoms. The zero-order chi connectivity index (χ0) is 14.5. The summed E-state index contributed by atoms with van der Waals surface area (Å²) >= 11 is 1.56. The Balaban J connectivity index is 1.94. The van der Waals surface area contributed by atoms with Crippen LogP contribution in [0.1, 0.15) is 23.6 Å². The molecule has 5 heteroatoms. The summed E-state index contributed by atoms with van der Waals surface area (Å²) < 4.78 is 0. The number of carbonyl (C=O) groups is 1. The van der Waals surface area contributed by atoms with Gasteiger partial charge in [-0.25, -0.2) is 0 Å². The van der Waals surface area contributed by atoms with E-state index in [-0.39, 0.29) is 5.91 Å². The van der Waals surface area contributed by atoms with Crippen molar-refractivity contribution in [1.29, 1.82) is 0 Å². The van der Waals surface area contributed by atoms with Gasteiger partial charge in [-0.1, -0.05) is 24.6 Å². The minimum absolute atomic E-state index is 0.0187. The topological polar surface area (TPSA) is 57.8 Å². The van der Waals surface area contributed by atoms with Crippen molar-refractivity contribution in [3.05, 3.63) is 41.1 Å². The summed E-state index contributed by atoms with van der Waals surface area (Å²) in [4.78, 5) is 13.1. The highest BCUT2D eigenvalue weighted by atomic mass is 32.2. The quantitative estimate of drug-likeness (QED) is 0.830. The first kappa shape index (κ1) is 14.7.